The Labute approximate surface area is 122 Å². The molecule has 0 saturated carbocycles. The molecule has 1 unspecified atom stereocenters. The van der Waals surface area contributed by atoms with E-state index in [-0.39, 0.29) is 12.0 Å². The standard InChI is InChI=1S/C14H19BrN2O2/c15-11-3-5-12(6-4-11)16-8-7-14(18)17-10-13-2-1-9-19-13/h3-6,13,16H,1-2,7-10H2,(H,17,18). The third-order valence-electron chi connectivity index (χ3n) is 3.08. The average Bonchev–Trinajstić information content (AvgIpc) is 2.92. The van der Waals surface area contributed by atoms with Crippen molar-refractivity contribution in [2.45, 2.75) is 25.4 Å². The van der Waals surface area contributed by atoms with Gasteiger partial charge in [-0.25, -0.2) is 0 Å². The van der Waals surface area contributed by atoms with Crippen molar-refractivity contribution in [3.63, 3.8) is 0 Å². The zero-order valence-corrected chi connectivity index (χ0v) is 12.4. The summed E-state index contributed by atoms with van der Waals surface area (Å²) in [7, 11) is 0. The van der Waals surface area contributed by atoms with Crippen LogP contribution in [0.3, 0.4) is 0 Å². The molecule has 0 aliphatic carbocycles. The summed E-state index contributed by atoms with van der Waals surface area (Å²) in [5.41, 5.74) is 1.02. The van der Waals surface area contributed by atoms with Gasteiger partial charge in [0.1, 0.15) is 0 Å². The molecule has 1 atom stereocenters. The molecule has 1 saturated heterocycles. The lowest BCUT2D eigenvalue weighted by molar-refractivity contribution is -0.121. The fourth-order valence-corrected chi connectivity index (χ4v) is 2.27. The maximum atomic E-state index is 11.6. The summed E-state index contributed by atoms with van der Waals surface area (Å²) >= 11 is 3.39. The second kappa shape index (κ2) is 7.50. The number of carbonyl (C=O) groups is 1. The van der Waals surface area contributed by atoms with Crippen molar-refractivity contribution >= 4 is 27.5 Å². The molecule has 2 N–H and O–H groups in total. The van der Waals surface area contributed by atoms with Crippen LogP contribution < -0.4 is 10.6 Å². The van der Waals surface area contributed by atoms with E-state index in [1.54, 1.807) is 0 Å². The highest BCUT2D eigenvalue weighted by molar-refractivity contribution is 9.10. The quantitative estimate of drug-likeness (QED) is 0.844. The molecule has 0 radical (unpaired) electrons. The van der Waals surface area contributed by atoms with Crippen LogP contribution in [0.1, 0.15) is 19.3 Å². The van der Waals surface area contributed by atoms with Crippen LogP contribution >= 0.6 is 15.9 Å². The van der Waals surface area contributed by atoms with Gasteiger partial charge in [-0.15, -0.1) is 0 Å². The van der Waals surface area contributed by atoms with Crippen LogP contribution in [0.4, 0.5) is 5.69 Å². The summed E-state index contributed by atoms with van der Waals surface area (Å²) in [5, 5.41) is 6.13. The first-order valence-electron chi connectivity index (χ1n) is 6.62. The van der Waals surface area contributed by atoms with Crippen LogP contribution in [0.25, 0.3) is 0 Å². The lowest BCUT2D eigenvalue weighted by Crippen LogP contribution is -2.32. The lowest BCUT2D eigenvalue weighted by atomic mass is 10.2. The summed E-state index contributed by atoms with van der Waals surface area (Å²) in [6.07, 6.45) is 2.84. The SMILES string of the molecule is O=C(CCNc1ccc(Br)cc1)NCC1CCCO1. The van der Waals surface area contributed by atoms with Crippen LogP contribution in [-0.2, 0) is 9.53 Å². The monoisotopic (exact) mass is 326 g/mol. The van der Waals surface area contributed by atoms with Crippen molar-refractivity contribution in [2.24, 2.45) is 0 Å². The van der Waals surface area contributed by atoms with Crippen molar-refractivity contribution in [3.8, 4) is 0 Å². The van der Waals surface area contributed by atoms with Gasteiger partial charge in [0.25, 0.3) is 0 Å². The molecule has 1 fully saturated rings. The van der Waals surface area contributed by atoms with Gasteiger partial charge in [0.05, 0.1) is 6.10 Å². The van der Waals surface area contributed by atoms with E-state index in [0.29, 0.717) is 19.5 Å². The lowest BCUT2D eigenvalue weighted by Gasteiger charge is -2.11. The Bertz CT molecular complexity index is 402. The van der Waals surface area contributed by atoms with E-state index in [9.17, 15) is 4.79 Å². The molecule has 4 nitrogen and oxygen atoms in total. The molecule has 5 heteroatoms. The van der Waals surface area contributed by atoms with Gasteiger partial charge in [-0.3, -0.25) is 4.79 Å². The third kappa shape index (κ3) is 5.20. The minimum atomic E-state index is 0.0695. The zero-order valence-electron chi connectivity index (χ0n) is 10.8. The van der Waals surface area contributed by atoms with Gasteiger partial charge in [-0.2, -0.15) is 0 Å². The predicted molar refractivity (Wildman–Crippen MR) is 79.2 cm³/mol. The van der Waals surface area contributed by atoms with Gasteiger partial charge in [0, 0.05) is 36.3 Å². The van der Waals surface area contributed by atoms with Gasteiger partial charge < -0.3 is 15.4 Å². The number of carbonyl (C=O) groups excluding carboxylic acids is 1. The topological polar surface area (TPSA) is 50.4 Å². The Morgan fingerprint density at radius 1 is 1.37 bits per heavy atom. The van der Waals surface area contributed by atoms with E-state index < -0.39 is 0 Å². The highest BCUT2D eigenvalue weighted by Crippen LogP contribution is 2.14. The molecule has 2 rings (SSSR count). The Morgan fingerprint density at radius 2 is 2.16 bits per heavy atom. The van der Waals surface area contributed by atoms with Gasteiger partial charge in [0.15, 0.2) is 0 Å². The second-order valence-corrected chi connectivity index (χ2v) is 5.54. The molecule has 0 spiro atoms. The number of benzene rings is 1. The number of amides is 1. The Balaban J connectivity index is 1.59. The molecule has 1 aromatic rings. The number of nitrogens with one attached hydrogen (secondary N) is 2. The Morgan fingerprint density at radius 3 is 2.84 bits per heavy atom. The van der Waals surface area contributed by atoms with Gasteiger partial charge in [-0.05, 0) is 37.1 Å². The van der Waals surface area contributed by atoms with Crippen LogP contribution in [0.5, 0.6) is 0 Å². The van der Waals surface area contributed by atoms with E-state index >= 15 is 0 Å². The highest BCUT2D eigenvalue weighted by atomic mass is 79.9. The summed E-state index contributed by atoms with van der Waals surface area (Å²) in [4.78, 5) is 11.6. The number of hydrogen-bond acceptors (Lipinski definition) is 3. The minimum Gasteiger partial charge on any atom is -0.385 e. The van der Waals surface area contributed by atoms with Crippen molar-refractivity contribution in [1.29, 1.82) is 0 Å². The smallest absolute Gasteiger partial charge is 0.221 e. The maximum absolute atomic E-state index is 11.6. The largest absolute Gasteiger partial charge is 0.385 e. The summed E-state index contributed by atoms with van der Waals surface area (Å²) < 4.78 is 6.50. The highest BCUT2D eigenvalue weighted by Gasteiger charge is 2.15. The summed E-state index contributed by atoms with van der Waals surface area (Å²) in [5.74, 6) is 0.0695. The molecule has 0 aromatic heterocycles. The van der Waals surface area contributed by atoms with Crippen molar-refractivity contribution in [3.05, 3.63) is 28.7 Å². The summed E-state index contributed by atoms with van der Waals surface area (Å²) in [6, 6.07) is 7.91. The first kappa shape index (κ1) is 14.3. The van der Waals surface area contributed by atoms with E-state index in [4.69, 9.17) is 4.74 Å². The molecule has 1 aliphatic heterocycles. The van der Waals surface area contributed by atoms with E-state index in [2.05, 4.69) is 26.6 Å². The Hall–Kier alpha value is -1.07. The minimum absolute atomic E-state index is 0.0695. The first-order chi connectivity index (χ1) is 9.24. The maximum Gasteiger partial charge on any atom is 0.221 e. The second-order valence-electron chi connectivity index (χ2n) is 4.62. The number of halogens is 1. The van der Waals surface area contributed by atoms with E-state index in [0.717, 1.165) is 29.6 Å². The molecule has 0 bridgehead atoms. The first-order valence-corrected chi connectivity index (χ1v) is 7.41. The van der Waals surface area contributed by atoms with Gasteiger partial charge in [-0.1, -0.05) is 15.9 Å². The number of anilines is 1. The molecular weight excluding hydrogens is 308 g/mol. The van der Waals surface area contributed by atoms with E-state index in [1.165, 1.54) is 0 Å². The predicted octanol–water partition coefficient (Wildman–Crippen LogP) is 2.55. The fraction of sp³-hybridized carbons (Fsp3) is 0.500. The van der Waals surface area contributed by atoms with Crippen LogP contribution in [0.15, 0.2) is 28.7 Å². The molecule has 1 aromatic carbocycles. The normalized spacial score (nSPS) is 18.3. The molecule has 1 aliphatic rings. The molecule has 1 amide bonds. The van der Waals surface area contributed by atoms with E-state index in [1.807, 2.05) is 24.3 Å². The van der Waals surface area contributed by atoms with Crippen LogP contribution in [0, 0.1) is 0 Å². The molecule has 104 valence electrons. The van der Waals surface area contributed by atoms with Crippen LogP contribution in [0.2, 0.25) is 0 Å². The van der Waals surface area contributed by atoms with Crippen molar-refractivity contribution < 1.29 is 9.53 Å². The zero-order chi connectivity index (χ0) is 13.5. The summed E-state index contributed by atoms with van der Waals surface area (Å²) in [6.45, 7) is 2.10. The van der Waals surface area contributed by atoms with Crippen LogP contribution in [-0.4, -0.2) is 31.7 Å². The van der Waals surface area contributed by atoms with Gasteiger partial charge >= 0.3 is 0 Å². The number of ether oxygens (including phenoxy) is 1. The third-order valence-corrected chi connectivity index (χ3v) is 3.60. The molecular formula is C14H19BrN2O2. The van der Waals surface area contributed by atoms with Gasteiger partial charge in [0.2, 0.25) is 5.91 Å². The molecule has 19 heavy (non-hydrogen) atoms. The number of hydrogen-bond donors (Lipinski definition) is 2. The fourth-order valence-electron chi connectivity index (χ4n) is 2.01. The average molecular weight is 327 g/mol. The Kier molecular flexibility index (Phi) is 5.66. The number of rotatable bonds is 6. The van der Waals surface area contributed by atoms with Crippen molar-refractivity contribution in [2.75, 3.05) is 25.0 Å². The molecule has 1 heterocycles. The van der Waals surface area contributed by atoms with Crippen molar-refractivity contribution in [1.82, 2.24) is 5.32 Å².